The number of rotatable bonds is 4. The minimum atomic E-state index is -0.459. The van der Waals surface area contributed by atoms with Gasteiger partial charge in [0.25, 0.3) is 0 Å². The summed E-state index contributed by atoms with van der Waals surface area (Å²) in [5.41, 5.74) is 1.19. The van der Waals surface area contributed by atoms with Crippen LogP contribution in [0.1, 0.15) is 43.7 Å². The molecule has 1 aliphatic rings. The maximum atomic E-state index is 11.4. The number of aromatic nitrogens is 1. The van der Waals surface area contributed by atoms with E-state index in [2.05, 4.69) is 22.3 Å². The molecule has 1 aliphatic heterocycles. The molecule has 1 fully saturated rings. The lowest BCUT2D eigenvalue weighted by Crippen LogP contribution is -2.41. The second-order valence-corrected chi connectivity index (χ2v) is 6.75. The van der Waals surface area contributed by atoms with Crippen LogP contribution in [0.15, 0.2) is 23.8 Å². The summed E-state index contributed by atoms with van der Waals surface area (Å²) in [6.07, 6.45) is 3.36. The van der Waals surface area contributed by atoms with E-state index in [4.69, 9.17) is 9.31 Å². The Morgan fingerprint density at radius 2 is 1.91 bits per heavy atom. The fourth-order valence-electron chi connectivity index (χ4n) is 2.10. The number of nitrogens with zero attached hydrogens (tertiary/aromatic N) is 1. The third-order valence-electron chi connectivity index (χ3n) is 4.28. The number of hydrogen-bond acceptors (Lipinski definition) is 6. The maximum absolute atomic E-state index is 11.4. The molecule has 0 radical (unpaired) electrons. The topological polar surface area (TPSA) is 57.7 Å². The molecule has 1 aromatic heterocycles. The van der Waals surface area contributed by atoms with Crippen molar-refractivity contribution in [2.75, 3.05) is 12.9 Å². The summed E-state index contributed by atoms with van der Waals surface area (Å²) in [6, 6.07) is 3.42. The lowest BCUT2D eigenvalue weighted by molar-refractivity contribution is 0.00578. The first-order chi connectivity index (χ1) is 10.7. The highest BCUT2D eigenvalue weighted by Crippen LogP contribution is 2.38. The van der Waals surface area contributed by atoms with Crippen LogP contribution in [0.25, 0.3) is 6.08 Å². The van der Waals surface area contributed by atoms with Gasteiger partial charge in [0.15, 0.2) is 0 Å². The van der Waals surface area contributed by atoms with Gasteiger partial charge in [0.2, 0.25) is 0 Å². The van der Waals surface area contributed by atoms with Crippen molar-refractivity contribution in [3.8, 4) is 0 Å². The summed E-state index contributed by atoms with van der Waals surface area (Å²) >= 11 is 4.37. The van der Waals surface area contributed by atoms with Gasteiger partial charge in [-0.3, -0.25) is 4.98 Å². The molecule has 0 aliphatic carbocycles. The van der Waals surface area contributed by atoms with Crippen LogP contribution in [0.5, 0.6) is 0 Å². The number of thiol groups is 1. The van der Waals surface area contributed by atoms with Crippen LogP contribution < -0.4 is 0 Å². The quantitative estimate of drug-likeness (QED) is 0.521. The third kappa shape index (κ3) is 3.79. The van der Waals surface area contributed by atoms with E-state index in [1.165, 1.54) is 13.3 Å². The molecular formula is C16H22BNO4S. The number of ether oxygens (including phenoxy) is 1. The standard InChI is InChI=1S/C16H22BNO4S/c1-15(2)16(3,4)22-17(21-15)12(10-23)8-13-7-6-11(9-18-13)14(19)20-5/h6-9,23H,10H2,1-5H3. The molecule has 2 rings (SSSR count). The van der Waals surface area contributed by atoms with Crippen molar-refractivity contribution in [3.05, 3.63) is 35.1 Å². The molecule has 124 valence electrons. The molecule has 7 heteroatoms. The molecule has 5 nitrogen and oxygen atoms in total. The van der Waals surface area contributed by atoms with Crippen LogP contribution in [-0.2, 0) is 14.0 Å². The SMILES string of the molecule is COC(=O)c1ccc(C=C(CS)B2OC(C)(C)C(C)(C)O2)nc1. The van der Waals surface area contributed by atoms with E-state index in [0.29, 0.717) is 17.0 Å². The van der Waals surface area contributed by atoms with E-state index in [0.717, 1.165) is 5.47 Å². The third-order valence-corrected chi connectivity index (χ3v) is 4.64. The monoisotopic (exact) mass is 335 g/mol. The lowest BCUT2D eigenvalue weighted by atomic mass is 9.78. The number of esters is 1. The van der Waals surface area contributed by atoms with Crippen LogP contribution in [0.3, 0.4) is 0 Å². The minimum absolute atomic E-state index is 0.401. The number of pyridine rings is 1. The predicted molar refractivity (Wildman–Crippen MR) is 93.5 cm³/mol. The van der Waals surface area contributed by atoms with Crippen molar-refractivity contribution in [2.24, 2.45) is 0 Å². The van der Waals surface area contributed by atoms with Gasteiger partial charge in [-0.2, -0.15) is 12.6 Å². The highest BCUT2D eigenvalue weighted by atomic mass is 32.1. The molecule has 0 aromatic carbocycles. The average molecular weight is 335 g/mol. The molecule has 1 aromatic rings. The second-order valence-electron chi connectivity index (χ2n) is 6.43. The highest BCUT2D eigenvalue weighted by molar-refractivity contribution is 7.80. The Hall–Kier alpha value is -1.31. The normalized spacial score (nSPS) is 19.7. The van der Waals surface area contributed by atoms with Gasteiger partial charge in [-0.05, 0) is 51.4 Å². The summed E-state index contributed by atoms with van der Waals surface area (Å²) in [6.45, 7) is 8.03. The van der Waals surface area contributed by atoms with Crippen molar-refractivity contribution in [1.29, 1.82) is 0 Å². The average Bonchev–Trinajstić information content (AvgIpc) is 2.72. The van der Waals surface area contributed by atoms with Crippen LogP contribution in [-0.4, -0.2) is 42.1 Å². The van der Waals surface area contributed by atoms with E-state index >= 15 is 0 Å². The number of carbonyl (C=O) groups is 1. The van der Waals surface area contributed by atoms with Gasteiger partial charge in [0, 0.05) is 11.9 Å². The summed E-state index contributed by atoms with van der Waals surface area (Å²) in [5, 5.41) is 0. The van der Waals surface area contributed by atoms with E-state index in [9.17, 15) is 4.79 Å². The number of hydrogen-bond donors (Lipinski definition) is 1. The lowest BCUT2D eigenvalue weighted by Gasteiger charge is -2.32. The van der Waals surface area contributed by atoms with E-state index in [1.807, 2.05) is 33.8 Å². The summed E-state index contributed by atoms with van der Waals surface area (Å²) in [4.78, 5) is 15.7. The first kappa shape index (κ1) is 18.0. The Balaban J connectivity index is 2.21. The van der Waals surface area contributed by atoms with E-state index < -0.39 is 24.3 Å². The van der Waals surface area contributed by atoms with Crippen molar-refractivity contribution >= 4 is 31.8 Å². The Labute approximate surface area is 143 Å². The number of carbonyl (C=O) groups excluding carboxylic acids is 1. The smallest absolute Gasteiger partial charge is 0.465 e. The molecule has 1 saturated heterocycles. The van der Waals surface area contributed by atoms with Gasteiger partial charge in [0.05, 0.1) is 29.6 Å². The molecule has 0 N–H and O–H groups in total. The zero-order chi connectivity index (χ0) is 17.3. The molecule has 0 bridgehead atoms. The van der Waals surface area contributed by atoms with Gasteiger partial charge in [0.1, 0.15) is 0 Å². The molecular weight excluding hydrogens is 313 g/mol. The summed E-state index contributed by atoms with van der Waals surface area (Å²) in [5.74, 6) is 0.0745. The van der Waals surface area contributed by atoms with Crippen LogP contribution in [0.2, 0.25) is 0 Å². The molecule has 0 amide bonds. The summed E-state index contributed by atoms with van der Waals surface area (Å²) in [7, 11) is 0.882. The van der Waals surface area contributed by atoms with E-state index in [1.54, 1.807) is 12.1 Å². The Kier molecular flexibility index (Phi) is 5.23. The van der Waals surface area contributed by atoms with Crippen molar-refractivity contribution in [3.63, 3.8) is 0 Å². The highest BCUT2D eigenvalue weighted by Gasteiger charge is 2.52. The molecule has 0 atom stereocenters. The van der Waals surface area contributed by atoms with Gasteiger partial charge in [-0.1, -0.05) is 0 Å². The van der Waals surface area contributed by atoms with Gasteiger partial charge in [-0.25, -0.2) is 4.79 Å². The Morgan fingerprint density at radius 1 is 1.30 bits per heavy atom. The van der Waals surface area contributed by atoms with Crippen molar-refractivity contribution in [2.45, 2.75) is 38.9 Å². The number of methoxy groups -OCH3 is 1. The Morgan fingerprint density at radius 3 is 2.35 bits per heavy atom. The first-order valence-corrected chi connectivity index (χ1v) is 8.05. The van der Waals surface area contributed by atoms with E-state index in [-0.39, 0.29) is 0 Å². The largest absolute Gasteiger partial charge is 0.491 e. The fraction of sp³-hybridized carbons (Fsp3) is 0.500. The maximum Gasteiger partial charge on any atom is 0.491 e. The molecule has 0 spiro atoms. The second kappa shape index (κ2) is 6.67. The predicted octanol–water partition coefficient (Wildman–Crippen LogP) is 2.81. The first-order valence-electron chi connectivity index (χ1n) is 7.41. The van der Waals surface area contributed by atoms with Crippen LogP contribution in [0.4, 0.5) is 0 Å². The molecule has 2 heterocycles. The fourth-order valence-corrected chi connectivity index (χ4v) is 2.34. The van der Waals surface area contributed by atoms with Gasteiger partial charge in [-0.15, -0.1) is 0 Å². The molecule has 23 heavy (non-hydrogen) atoms. The van der Waals surface area contributed by atoms with Crippen molar-refractivity contribution < 1.29 is 18.8 Å². The van der Waals surface area contributed by atoms with Gasteiger partial charge < -0.3 is 14.0 Å². The van der Waals surface area contributed by atoms with Crippen LogP contribution in [0, 0.1) is 0 Å². The zero-order valence-corrected chi connectivity index (χ0v) is 15.0. The molecule has 0 saturated carbocycles. The van der Waals surface area contributed by atoms with Crippen LogP contribution >= 0.6 is 12.6 Å². The Bertz CT molecular complexity index is 597. The zero-order valence-electron chi connectivity index (χ0n) is 14.1. The molecule has 0 unspecified atom stereocenters. The summed E-state index contributed by atoms with van der Waals surface area (Å²) < 4.78 is 16.7. The van der Waals surface area contributed by atoms with Gasteiger partial charge >= 0.3 is 13.1 Å². The minimum Gasteiger partial charge on any atom is -0.465 e. The van der Waals surface area contributed by atoms with Crippen molar-refractivity contribution in [1.82, 2.24) is 4.98 Å².